The van der Waals surface area contributed by atoms with Crippen LogP contribution in [0.15, 0.2) is 72.9 Å². The number of aliphatic hydroxyl groups is 11. The first kappa shape index (κ1) is 58.6. The Hall–Kier alpha value is -3.51. The van der Waals surface area contributed by atoms with E-state index in [0.717, 1.165) is 0 Å². The Kier molecular flexibility index (Phi) is 26.1. The molecular weight excluding hydrogens is 867 g/mol. The number of rotatable bonds is 3. The largest absolute Gasteiger partial charge is 0.481 e. The number of carboxylic acid groups (broad SMARTS) is 1. The van der Waals surface area contributed by atoms with Crippen molar-refractivity contribution in [3.63, 3.8) is 0 Å². The molecule has 1 fully saturated rings. The fourth-order valence-electron chi connectivity index (χ4n) is 7.48. The second kappa shape index (κ2) is 29.4. The summed E-state index contributed by atoms with van der Waals surface area (Å²) in [6.07, 6.45) is -1.60. The number of aliphatic hydroxyl groups excluding tert-OH is 10. The Morgan fingerprint density at radius 2 is 1.26 bits per heavy atom. The lowest BCUT2D eigenvalue weighted by Crippen LogP contribution is -2.61. The Balaban J connectivity index is 2.29. The first-order valence-corrected chi connectivity index (χ1v) is 22.5. The number of carboxylic acids is 1. The number of nitrogens with two attached hydrogens (primary N) is 1. The average molecular weight is 942 g/mol. The molecule has 0 amide bonds. The molecule has 0 aliphatic carbocycles. The first-order valence-electron chi connectivity index (χ1n) is 22.5. The lowest BCUT2D eigenvalue weighted by atomic mass is 9.86. The summed E-state index contributed by atoms with van der Waals surface area (Å²) in [5, 5.41) is 127. The van der Waals surface area contributed by atoms with Gasteiger partial charge < -0.3 is 81.2 Å². The van der Waals surface area contributed by atoms with E-state index in [1.807, 2.05) is 18.2 Å². The SMILES string of the molecule is C[C@H]1[C@H](C)OC(=O)C[C@H](O)C[C@H](O)C[C@H](O)CC[C@H](O)[C@H](O)CC(=O)C[C@H](O)[C@H](C(=O)O)[C@H](O)C[C@H](O[C@H]2O[C@@H](C)[C@H](O)[C@@H](N)[C@@H]2O)C=CC=CC=CC=CCCC=CC=C[C@@](C)(O)[C@H]1O. The zero-order valence-electron chi connectivity index (χ0n) is 38.2. The number of allylic oxidation sites excluding steroid dienone is 10. The van der Waals surface area contributed by atoms with E-state index >= 15 is 0 Å². The lowest BCUT2D eigenvalue weighted by Gasteiger charge is -2.41. The van der Waals surface area contributed by atoms with E-state index in [9.17, 15) is 75.7 Å². The molecule has 0 bridgehead atoms. The Labute approximate surface area is 386 Å². The summed E-state index contributed by atoms with van der Waals surface area (Å²) in [5.74, 6) is -6.01. The minimum atomic E-state index is -1.96. The van der Waals surface area contributed by atoms with Crippen LogP contribution in [0.25, 0.3) is 0 Å². The maximum absolute atomic E-state index is 12.9. The zero-order chi connectivity index (χ0) is 49.7. The lowest BCUT2D eigenvalue weighted by molar-refractivity contribution is -0.277. The summed E-state index contributed by atoms with van der Waals surface area (Å²) < 4.78 is 16.9. The van der Waals surface area contributed by atoms with Gasteiger partial charge in [-0.2, -0.15) is 0 Å². The minimum absolute atomic E-state index is 0.166. The molecular formula is C47H75NO18. The van der Waals surface area contributed by atoms with Crippen LogP contribution in [0.5, 0.6) is 0 Å². The van der Waals surface area contributed by atoms with Gasteiger partial charge in [0.15, 0.2) is 6.29 Å². The number of carbonyl (C=O) groups excluding carboxylic acids is 2. The molecule has 0 radical (unpaired) electrons. The van der Waals surface area contributed by atoms with Gasteiger partial charge in [-0.1, -0.05) is 79.8 Å². The van der Waals surface area contributed by atoms with Crippen molar-refractivity contribution in [1.29, 1.82) is 0 Å². The van der Waals surface area contributed by atoms with E-state index in [4.69, 9.17) is 19.9 Å². The van der Waals surface area contributed by atoms with Crippen molar-refractivity contribution < 1.29 is 89.9 Å². The summed E-state index contributed by atoms with van der Waals surface area (Å²) in [6, 6.07) is -1.16. The van der Waals surface area contributed by atoms with E-state index in [0.29, 0.717) is 12.8 Å². The molecule has 0 spiro atoms. The summed E-state index contributed by atoms with van der Waals surface area (Å²) >= 11 is 0. The van der Waals surface area contributed by atoms with Crippen LogP contribution in [0, 0.1) is 11.8 Å². The van der Waals surface area contributed by atoms with E-state index in [1.165, 1.54) is 39.0 Å². The van der Waals surface area contributed by atoms with Gasteiger partial charge in [0.1, 0.15) is 29.5 Å². The van der Waals surface area contributed by atoms with Crippen molar-refractivity contribution in [2.45, 2.75) is 189 Å². The van der Waals surface area contributed by atoms with Gasteiger partial charge in [0.2, 0.25) is 0 Å². The van der Waals surface area contributed by atoms with Crippen LogP contribution in [0.1, 0.15) is 91.9 Å². The van der Waals surface area contributed by atoms with Gasteiger partial charge in [-0.15, -0.1) is 0 Å². The van der Waals surface area contributed by atoms with Gasteiger partial charge in [-0.3, -0.25) is 14.4 Å². The van der Waals surface area contributed by atoms with Crippen LogP contribution in [0.4, 0.5) is 0 Å². The molecule has 0 saturated carbocycles. The van der Waals surface area contributed by atoms with Gasteiger partial charge in [0.25, 0.3) is 0 Å². The number of Topliss-reactive ketones (excluding diaryl/α,β-unsaturated/α-hetero) is 1. The molecule has 18 atom stereocenters. The van der Waals surface area contributed by atoms with E-state index in [-0.39, 0.29) is 25.7 Å². The molecule has 0 aromatic heterocycles. The zero-order valence-corrected chi connectivity index (χ0v) is 38.2. The van der Waals surface area contributed by atoms with Gasteiger partial charge in [-0.05, 0) is 59.3 Å². The first-order chi connectivity index (χ1) is 30.9. The third-order valence-electron chi connectivity index (χ3n) is 11.8. The highest BCUT2D eigenvalue weighted by Crippen LogP contribution is 2.27. The van der Waals surface area contributed by atoms with Crippen LogP contribution in [0.3, 0.4) is 0 Å². The third kappa shape index (κ3) is 20.8. The molecule has 376 valence electrons. The molecule has 2 rings (SSSR count). The molecule has 2 aliphatic heterocycles. The van der Waals surface area contributed by atoms with Crippen molar-refractivity contribution in [2.24, 2.45) is 17.6 Å². The van der Waals surface area contributed by atoms with Gasteiger partial charge in [-0.25, -0.2) is 0 Å². The summed E-state index contributed by atoms with van der Waals surface area (Å²) in [4.78, 5) is 37.8. The molecule has 0 aromatic rings. The topological polar surface area (TPSA) is 348 Å². The van der Waals surface area contributed by atoms with E-state index in [2.05, 4.69) is 0 Å². The van der Waals surface area contributed by atoms with E-state index in [1.54, 1.807) is 43.4 Å². The van der Waals surface area contributed by atoms with Crippen molar-refractivity contribution in [1.82, 2.24) is 0 Å². The molecule has 19 nitrogen and oxygen atoms in total. The number of carbonyl (C=O) groups is 3. The number of ketones is 1. The van der Waals surface area contributed by atoms with Crippen molar-refractivity contribution in [2.75, 3.05) is 0 Å². The number of esters is 1. The average Bonchev–Trinajstić information content (AvgIpc) is 3.22. The summed E-state index contributed by atoms with van der Waals surface area (Å²) in [7, 11) is 0. The molecule has 2 heterocycles. The number of hydrogen-bond acceptors (Lipinski definition) is 18. The normalized spacial score (nSPS) is 40.3. The van der Waals surface area contributed by atoms with Crippen LogP contribution < -0.4 is 5.73 Å². The van der Waals surface area contributed by atoms with Crippen molar-refractivity contribution in [3.05, 3.63) is 72.9 Å². The monoisotopic (exact) mass is 941 g/mol. The van der Waals surface area contributed by atoms with Crippen molar-refractivity contribution in [3.8, 4) is 0 Å². The second-order valence-electron chi connectivity index (χ2n) is 17.6. The predicted molar refractivity (Wildman–Crippen MR) is 240 cm³/mol. The number of cyclic esters (lactones) is 1. The smallest absolute Gasteiger partial charge is 0.311 e. The number of hydrogen-bond donors (Lipinski definition) is 13. The number of ether oxygens (including phenoxy) is 3. The maximum atomic E-state index is 12.9. The molecule has 66 heavy (non-hydrogen) atoms. The highest BCUT2D eigenvalue weighted by molar-refractivity contribution is 5.81. The Bertz CT molecular complexity index is 1650. The number of aliphatic carboxylic acids is 1. The fourth-order valence-corrected chi connectivity index (χ4v) is 7.48. The van der Waals surface area contributed by atoms with E-state index < -0.39 is 153 Å². The second-order valence-corrected chi connectivity index (χ2v) is 17.6. The summed E-state index contributed by atoms with van der Waals surface area (Å²) in [6.45, 7) is 6.04. The highest BCUT2D eigenvalue weighted by Gasteiger charge is 2.43. The van der Waals surface area contributed by atoms with Gasteiger partial charge in [0, 0.05) is 25.2 Å². The molecule has 0 aromatic carbocycles. The van der Waals surface area contributed by atoms with Crippen LogP contribution in [-0.2, 0) is 28.6 Å². The van der Waals surface area contributed by atoms with Gasteiger partial charge >= 0.3 is 11.9 Å². The summed E-state index contributed by atoms with van der Waals surface area (Å²) in [5.41, 5.74) is 4.27. The fraction of sp³-hybridized carbons (Fsp3) is 0.681. The van der Waals surface area contributed by atoms with Crippen LogP contribution in [-0.4, -0.2) is 176 Å². The van der Waals surface area contributed by atoms with Crippen molar-refractivity contribution >= 4 is 17.7 Å². The van der Waals surface area contributed by atoms with Crippen LogP contribution >= 0.6 is 0 Å². The quantitative estimate of drug-likeness (QED) is 0.164. The Morgan fingerprint density at radius 3 is 1.89 bits per heavy atom. The van der Waals surface area contributed by atoms with Gasteiger partial charge in [0.05, 0.1) is 79.6 Å². The van der Waals surface area contributed by atoms with Crippen LogP contribution in [0.2, 0.25) is 0 Å². The molecule has 1 saturated heterocycles. The Morgan fingerprint density at radius 1 is 0.682 bits per heavy atom. The highest BCUT2D eigenvalue weighted by atomic mass is 16.7. The molecule has 19 heteroatoms. The third-order valence-corrected chi connectivity index (χ3v) is 11.8. The molecule has 2 aliphatic rings. The maximum Gasteiger partial charge on any atom is 0.311 e. The standard InChI is InChI=1S/C47H75NO18/c1-27-28(2)64-39(57)25-32(51)22-31(50)21-30(49)18-19-35(53)36(54)23-33(52)24-37(55)40(45(61)62)38(56)26-34(66-46-43(59)41(48)42(58)29(3)65-46)17-15-13-11-9-7-5-6-8-10-12-14-16-20-47(4,63)44(27)60/h5-7,9,11-17,20,27-32,34-38,40-44,46,49-51,53-56,58-60,63H,8,10,18-19,21-26,48H2,1-4H3,(H,61,62)/t27-,28-,29-,30+,31+,32+,34+,35-,36+,37-,38+,40-,41+,42-,43-,44-,46+,47+/m0/s1. The predicted octanol–water partition coefficient (Wildman–Crippen LogP) is -0.107. The minimum Gasteiger partial charge on any atom is -0.481 e. The molecule has 0 unspecified atom stereocenters. The molecule has 14 N–H and O–H groups in total.